The second-order valence-electron chi connectivity index (χ2n) is 5.96. The number of likely N-dealkylation sites (tertiary alicyclic amines) is 1. The van der Waals surface area contributed by atoms with Crippen LogP contribution in [0.1, 0.15) is 18.4 Å². The van der Waals surface area contributed by atoms with Gasteiger partial charge in [0, 0.05) is 31.8 Å². The summed E-state index contributed by atoms with van der Waals surface area (Å²) in [5.41, 5.74) is 1.16. The van der Waals surface area contributed by atoms with E-state index in [1.54, 1.807) is 18.9 Å². The summed E-state index contributed by atoms with van der Waals surface area (Å²) >= 11 is 1.71. The lowest BCUT2D eigenvalue weighted by atomic mass is 9.96. The SMILES string of the molecule is COc1ccc(CCN2C[C@@H](C(=O)NCCSC)CCC2=O)cc1. The first-order valence-electron chi connectivity index (χ1n) is 8.31. The van der Waals surface area contributed by atoms with Crippen molar-refractivity contribution in [1.82, 2.24) is 10.2 Å². The zero-order chi connectivity index (χ0) is 17.4. The Morgan fingerprint density at radius 1 is 1.38 bits per heavy atom. The molecule has 132 valence electrons. The highest BCUT2D eigenvalue weighted by molar-refractivity contribution is 7.98. The summed E-state index contributed by atoms with van der Waals surface area (Å²) in [5, 5.41) is 2.96. The van der Waals surface area contributed by atoms with Gasteiger partial charge in [-0.2, -0.15) is 11.8 Å². The first-order chi connectivity index (χ1) is 11.6. The van der Waals surface area contributed by atoms with E-state index in [0.29, 0.717) is 32.5 Å². The minimum Gasteiger partial charge on any atom is -0.497 e. The molecular formula is C18H26N2O3S. The fraction of sp³-hybridized carbons (Fsp3) is 0.556. The zero-order valence-corrected chi connectivity index (χ0v) is 15.2. The van der Waals surface area contributed by atoms with Crippen LogP contribution < -0.4 is 10.1 Å². The standard InChI is InChI=1S/C18H26N2O3S/c1-23-16-6-3-14(4-7-16)9-11-20-13-15(5-8-17(20)21)18(22)19-10-12-24-2/h3-4,6-7,15H,5,8-13H2,1-2H3,(H,19,22)/t15-/m0/s1. The maximum absolute atomic E-state index is 12.2. The van der Waals surface area contributed by atoms with Crippen LogP contribution in [0.15, 0.2) is 24.3 Å². The fourth-order valence-electron chi connectivity index (χ4n) is 2.82. The van der Waals surface area contributed by atoms with Gasteiger partial charge in [-0.25, -0.2) is 0 Å². The summed E-state index contributed by atoms with van der Waals surface area (Å²) < 4.78 is 5.15. The fourth-order valence-corrected chi connectivity index (χ4v) is 3.13. The number of hydrogen-bond donors (Lipinski definition) is 1. The Balaban J connectivity index is 1.84. The van der Waals surface area contributed by atoms with Crippen LogP contribution in [0.25, 0.3) is 0 Å². The van der Waals surface area contributed by atoms with Crippen LogP contribution in [0.3, 0.4) is 0 Å². The molecule has 1 aromatic carbocycles. The molecule has 6 heteroatoms. The van der Waals surface area contributed by atoms with Gasteiger partial charge in [0.15, 0.2) is 0 Å². The third-order valence-corrected chi connectivity index (χ3v) is 4.92. The Morgan fingerprint density at radius 2 is 2.12 bits per heavy atom. The first-order valence-corrected chi connectivity index (χ1v) is 9.70. The van der Waals surface area contributed by atoms with Gasteiger partial charge in [0.05, 0.1) is 13.0 Å². The number of carbonyl (C=O) groups is 2. The average Bonchev–Trinajstić information content (AvgIpc) is 2.61. The van der Waals surface area contributed by atoms with Crippen molar-refractivity contribution in [2.24, 2.45) is 5.92 Å². The Morgan fingerprint density at radius 3 is 2.79 bits per heavy atom. The van der Waals surface area contributed by atoms with Gasteiger partial charge in [-0.1, -0.05) is 12.1 Å². The van der Waals surface area contributed by atoms with Crippen molar-refractivity contribution >= 4 is 23.6 Å². The molecule has 1 heterocycles. The molecule has 1 saturated heterocycles. The molecule has 0 aromatic heterocycles. The van der Waals surface area contributed by atoms with Gasteiger partial charge >= 0.3 is 0 Å². The van der Waals surface area contributed by atoms with E-state index in [9.17, 15) is 9.59 Å². The highest BCUT2D eigenvalue weighted by Gasteiger charge is 2.29. The normalized spacial score (nSPS) is 17.7. The number of piperidine rings is 1. The smallest absolute Gasteiger partial charge is 0.224 e. The van der Waals surface area contributed by atoms with Crippen LogP contribution in [-0.2, 0) is 16.0 Å². The maximum atomic E-state index is 12.2. The van der Waals surface area contributed by atoms with E-state index in [4.69, 9.17) is 4.74 Å². The summed E-state index contributed by atoms with van der Waals surface area (Å²) in [6.45, 7) is 1.87. The van der Waals surface area contributed by atoms with Crippen molar-refractivity contribution in [3.8, 4) is 5.75 Å². The van der Waals surface area contributed by atoms with Crippen molar-refractivity contribution in [2.75, 3.05) is 38.8 Å². The third-order valence-electron chi connectivity index (χ3n) is 4.31. The van der Waals surface area contributed by atoms with Crippen LogP contribution in [0, 0.1) is 5.92 Å². The largest absolute Gasteiger partial charge is 0.497 e. The number of hydrogen-bond acceptors (Lipinski definition) is 4. The molecule has 2 amide bonds. The molecule has 2 rings (SSSR count). The number of amides is 2. The van der Waals surface area contributed by atoms with Crippen molar-refractivity contribution < 1.29 is 14.3 Å². The molecule has 0 spiro atoms. The number of nitrogens with one attached hydrogen (secondary N) is 1. The Kier molecular flexibility index (Phi) is 7.43. The molecule has 1 atom stereocenters. The van der Waals surface area contributed by atoms with Gasteiger partial charge in [-0.05, 0) is 36.8 Å². The van der Waals surface area contributed by atoms with Crippen LogP contribution in [-0.4, -0.2) is 55.5 Å². The minimum absolute atomic E-state index is 0.0750. The Labute approximate surface area is 148 Å². The van der Waals surface area contributed by atoms with Crippen molar-refractivity contribution in [2.45, 2.75) is 19.3 Å². The number of carbonyl (C=O) groups excluding carboxylic acids is 2. The lowest BCUT2D eigenvalue weighted by molar-refractivity contribution is -0.138. The monoisotopic (exact) mass is 350 g/mol. The van der Waals surface area contributed by atoms with E-state index >= 15 is 0 Å². The summed E-state index contributed by atoms with van der Waals surface area (Å²) in [6.07, 6.45) is 3.93. The van der Waals surface area contributed by atoms with Gasteiger partial charge in [-0.15, -0.1) is 0 Å². The van der Waals surface area contributed by atoms with Crippen LogP contribution in [0.2, 0.25) is 0 Å². The summed E-state index contributed by atoms with van der Waals surface area (Å²) in [7, 11) is 1.64. The van der Waals surface area contributed by atoms with E-state index in [1.807, 2.05) is 35.4 Å². The molecule has 24 heavy (non-hydrogen) atoms. The maximum Gasteiger partial charge on any atom is 0.224 e. The van der Waals surface area contributed by atoms with Crippen LogP contribution in [0.5, 0.6) is 5.75 Å². The lowest BCUT2D eigenvalue weighted by Crippen LogP contribution is -2.46. The molecule has 5 nitrogen and oxygen atoms in total. The number of nitrogens with zero attached hydrogens (tertiary/aromatic N) is 1. The molecule has 0 aliphatic carbocycles. The summed E-state index contributed by atoms with van der Waals surface area (Å²) in [6, 6.07) is 7.88. The van der Waals surface area contributed by atoms with Crippen LogP contribution in [0.4, 0.5) is 0 Å². The number of benzene rings is 1. The Bertz CT molecular complexity index is 548. The topological polar surface area (TPSA) is 58.6 Å². The average molecular weight is 350 g/mol. The van der Waals surface area contributed by atoms with Crippen LogP contribution >= 0.6 is 11.8 Å². The van der Waals surface area contributed by atoms with E-state index in [-0.39, 0.29) is 17.7 Å². The van der Waals surface area contributed by atoms with Gasteiger partial charge in [0.25, 0.3) is 0 Å². The first kappa shape index (κ1) is 18.6. The van der Waals surface area contributed by atoms with Crippen molar-refractivity contribution in [1.29, 1.82) is 0 Å². The minimum atomic E-state index is -0.0829. The third kappa shape index (κ3) is 5.44. The van der Waals surface area contributed by atoms with Gasteiger partial charge in [-0.3, -0.25) is 9.59 Å². The molecular weight excluding hydrogens is 324 g/mol. The molecule has 0 saturated carbocycles. The number of ether oxygens (including phenoxy) is 1. The highest BCUT2D eigenvalue weighted by atomic mass is 32.2. The highest BCUT2D eigenvalue weighted by Crippen LogP contribution is 2.19. The molecule has 1 N–H and O–H groups in total. The van der Waals surface area contributed by atoms with E-state index < -0.39 is 0 Å². The number of methoxy groups -OCH3 is 1. The van der Waals surface area contributed by atoms with E-state index in [0.717, 1.165) is 23.5 Å². The lowest BCUT2D eigenvalue weighted by Gasteiger charge is -2.32. The van der Waals surface area contributed by atoms with Gasteiger partial charge in [0.2, 0.25) is 11.8 Å². The molecule has 1 aromatic rings. The van der Waals surface area contributed by atoms with Gasteiger partial charge < -0.3 is 15.0 Å². The number of thioether (sulfide) groups is 1. The predicted molar refractivity (Wildman–Crippen MR) is 97.4 cm³/mol. The van der Waals surface area contributed by atoms with Crippen molar-refractivity contribution in [3.05, 3.63) is 29.8 Å². The molecule has 0 unspecified atom stereocenters. The number of rotatable bonds is 8. The second kappa shape index (κ2) is 9.57. The summed E-state index contributed by atoms with van der Waals surface area (Å²) in [5.74, 6) is 1.89. The molecule has 0 bridgehead atoms. The summed E-state index contributed by atoms with van der Waals surface area (Å²) in [4.78, 5) is 26.1. The quantitative estimate of drug-likeness (QED) is 0.728. The molecule has 1 fully saturated rings. The molecule has 0 radical (unpaired) electrons. The van der Waals surface area contributed by atoms with Gasteiger partial charge in [0.1, 0.15) is 5.75 Å². The van der Waals surface area contributed by atoms with E-state index in [2.05, 4.69) is 5.32 Å². The zero-order valence-electron chi connectivity index (χ0n) is 14.4. The second-order valence-corrected chi connectivity index (χ2v) is 6.94. The molecule has 1 aliphatic heterocycles. The molecule has 1 aliphatic rings. The predicted octanol–water partition coefficient (Wildman–Crippen LogP) is 1.96. The Hall–Kier alpha value is -1.69. The van der Waals surface area contributed by atoms with E-state index in [1.165, 1.54) is 0 Å². The van der Waals surface area contributed by atoms with Crippen molar-refractivity contribution in [3.63, 3.8) is 0 Å².